The molecule has 100 valence electrons. The summed E-state index contributed by atoms with van der Waals surface area (Å²) in [4.78, 5) is 9.60. The number of nitrogens with one attached hydrogen (secondary N) is 2. The molecule has 0 radical (unpaired) electrons. The van der Waals surface area contributed by atoms with E-state index in [1.807, 2.05) is 0 Å². The summed E-state index contributed by atoms with van der Waals surface area (Å²) < 4.78 is 38.7. The lowest BCUT2D eigenvalue weighted by Crippen LogP contribution is -2.13. The van der Waals surface area contributed by atoms with Gasteiger partial charge >= 0.3 is 5.69 Å². The van der Waals surface area contributed by atoms with E-state index in [1.54, 1.807) is 0 Å². The topological polar surface area (TPSA) is 118 Å². The highest BCUT2D eigenvalue weighted by Gasteiger charge is 2.19. The number of nitrogens with zero attached hydrogens (tertiary/aromatic N) is 2. The van der Waals surface area contributed by atoms with Crippen LogP contribution >= 0.6 is 0 Å². The van der Waals surface area contributed by atoms with Gasteiger partial charge < -0.3 is 0 Å². The molecule has 0 aliphatic heterocycles. The molecular weight excluding hydrogens is 279 g/mol. The smallest absolute Gasteiger partial charge is 0.278 e. The standard InChI is InChI=1S/C9H7FN4O4S/c10-7-2-1-6(5-8(7)14(15)16)13-19(17,18)9-3-4-11-12-9/h1-5,13H,(H,11,12). The first-order valence-electron chi connectivity index (χ1n) is 4.86. The van der Waals surface area contributed by atoms with Gasteiger partial charge in [0.1, 0.15) is 0 Å². The Balaban J connectivity index is 2.35. The van der Waals surface area contributed by atoms with Gasteiger partial charge in [-0.05, 0) is 18.2 Å². The van der Waals surface area contributed by atoms with Crippen molar-refractivity contribution in [3.8, 4) is 0 Å². The number of sulfonamides is 1. The van der Waals surface area contributed by atoms with Crippen LogP contribution in [0.1, 0.15) is 0 Å². The molecule has 0 unspecified atom stereocenters. The Morgan fingerprint density at radius 2 is 2.11 bits per heavy atom. The van der Waals surface area contributed by atoms with E-state index >= 15 is 0 Å². The molecule has 2 N–H and O–H groups in total. The summed E-state index contributed by atoms with van der Waals surface area (Å²) in [6.45, 7) is 0. The molecule has 0 aliphatic rings. The van der Waals surface area contributed by atoms with Crippen LogP contribution in [0, 0.1) is 15.9 Å². The Hall–Kier alpha value is -2.49. The van der Waals surface area contributed by atoms with Gasteiger partial charge in [-0.3, -0.25) is 19.9 Å². The number of aromatic amines is 1. The van der Waals surface area contributed by atoms with Crippen LogP contribution in [-0.2, 0) is 10.0 Å². The highest BCUT2D eigenvalue weighted by atomic mass is 32.2. The molecule has 10 heteroatoms. The summed E-state index contributed by atoms with van der Waals surface area (Å²) in [6, 6.07) is 3.89. The summed E-state index contributed by atoms with van der Waals surface area (Å²) in [5.41, 5.74) is -0.937. The van der Waals surface area contributed by atoms with Crippen LogP contribution in [0.3, 0.4) is 0 Å². The van der Waals surface area contributed by atoms with E-state index in [1.165, 1.54) is 12.3 Å². The Morgan fingerprint density at radius 3 is 2.68 bits per heavy atom. The number of hydrogen-bond donors (Lipinski definition) is 2. The van der Waals surface area contributed by atoms with Crippen LogP contribution in [-0.4, -0.2) is 23.5 Å². The predicted molar refractivity (Wildman–Crippen MR) is 62.5 cm³/mol. The maximum atomic E-state index is 13.1. The van der Waals surface area contributed by atoms with Gasteiger partial charge in [0.05, 0.1) is 16.8 Å². The molecule has 0 aliphatic carbocycles. The summed E-state index contributed by atoms with van der Waals surface area (Å²) in [6.07, 6.45) is 1.24. The SMILES string of the molecule is O=[N+]([O-])c1cc(NS(=O)(=O)c2ccn[nH]2)ccc1F. The van der Waals surface area contributed by atoms with E-state index in [4.69, 9.17) is 0 Å². The molecule has 2 rings (SSSR count). The maximum absolute atomic E-state index is 13.1. The second-order valence-corrected chi connectivity index (χ2v) is 5.10. The number of H-pyrrole nitrogens is 1. The van der Waals surface area contributed by atoms with Crippen molar-refractivity contribution in [2.45, 2.75) is 5.03 Å². The lowest BCUT2D eigenvalue weighted by Gasteiger charge is -2.05. The van der Waals surface area contributed by atoms with Gasteiger partial charge in [-0.15, -0.1) is 0 Å². The highest BCUT2D eigenvalue weighted by molar-refractivity contribution is 7.92. The normalized spacial score (nSPS) is 11.2. The van der Waals surface area contributed by atoms with E-state index < -0.39 is 26.5 Å². The minimum atomic E-state index is -3.94. The zero-order chi connectivity index (χ0) is 14.0. The molecule has 8 nitrogen and oxygen atoms in total. The van der Waals surface area contributed by atoms with Crippen LogP contribution in [0.25, 0.3) is 0 Å². The van der Waals surface area contributed by atoms with Gasteiger partial charge in [0.25, 0.3) is 10.0 Å². The Labute approximate surface area is 106 Å². The number of hydrogen-bond acceptors (Lipinski definition) is 5. The molecule has 1 aromatic heterocycles. The van der Waals surface area contributed by atoms with E-state index in [0.29, 0.717) is 0 Å². The van der Waals surface area contributed by atoms with Crippen molar-refractivity contribution in [3.05, 3.63) is 46.4 Å². The number of aromatic nitrogens is 2. The van der Waals surface area contributed by atoms with E-state index in [-0.39, 0.29) is 10.7 Å². The van der Waals surface area contributed by atoms with Crippen molar-refractivity contribution in [3.63, 3.8) is 0 Å². The molecule has 1 aromatic carbocycles. The van der Waals surface area contributed by atoms with E-state index in [0.717, 1.165) is 18.2 Å². The average Bonchev–Trinajstić information content (AvgIpc) is 2.85. The molecule has 0 bridgehead atoms. The van der Waals surface area contributed by atoms with Crippen LogP contribution in [0.15, 0.2) is 35.5 Å². The quantitative estimate of drug-likeness (QED) is 0.648. The van der Waals surface area contributed by atoms with Gasteiger partial charge in [0.2, 0.25) is 5.82 Å². The summed E-state index contributed by atoms with van der Waals surface area (Å²) in [7, 11) is -3.94. The second kappa shape index (κ2) is 4.65. The number of nitro groups is 1. The molecular formula is C9H7FN4O4S. The first-order valence-corrected chi connectivity index (χ1v) is 6.34. The lowest BCUT2D eigenvalue weighted by molar-refractivity contribution is -0.387. The molecule has 0 saturated carbocycles. The molecule has 19 heavy (non-hydrogen) atoms. The van der Waals surface area contributed by atoms with Gasteiger partial charge in [0.15, 0.2) is 5.03 Å². The Bertz CT molecular complexity index is 714. The lowest BCUT2D eigenvalue weighted by atomic mass is 10.3. The minimum absolute atomic E-state index is 0.122. The van der Waals surface area contributed by atoms with Gasteiger partial charge in [0, 0.05) is 6.07 Å². The zero-order valence-corrected chi connectivity index (χ0v) is 10.0. The third kappa shape index (κ3) is 2.68. The number of halogens is 1. The summed E-state index contributed by atoms with van der Waals surface area (Å²) in [5.74, 6) is -1.05. The molecule has 2 aromatic rings. The van der Waals surface area contributed by atoms with Gasteiger partial charge in [-0.2, -0.15) is 17.9 Å². The van der Waals surface area contributed by atoms with Crippen molar-refractivity contribution in [1.29, 1.82) is 0 Å². The molecule has 0 amide bonds. The second-order valence-electron chi connectivity index (χ2n) is 3.45. The largest absolute Gasteiger partial charge is 0.306 e. The molecule has 0 atom stereocenters. The fourth-order valence-electron chi connectivity index (χ4n) is 1.32. The number of rotatable bonds is 4. The third-order valence-electron chi connectivity index (χ3n) is 2.16. The first kappa shape index (κ1) is 13.0. The highest BCUT2D eigenvalue weighted by Crippen LogP contribution is 2.23. The predicted octanol–water partition coefficient (Wildman–Crippen LogP) is 1.26. The summed E-state index contributed by atoms with van der Waals surface area (Å²) in [5, 5.41) is 16.0. The number of nitro benzene ring substituents is 1. The zero-order valence-electron chi connectivity index (χ0n) is 9.20. The average molecular weight is 286 g/mol. The molecule has 0 saturated heterocycles. The maximum Gasteiger partial charge on any atom is 0.306 e. The van der Waals surface area contributed by atoms with Crippen molar-refractivity contribution in [2.24, 2.45) is 0 Å². The van der Waals surface area contributed by atoms with E-state index in [2.05, 4.69) is 14.9 Å². The first-order chi connectivity index (χ1) is 8.90. The van der Waals surface area contributed by atoms with Crippen molar-refractivity contribution in [1.82, 2.24) is 10.2 Å². The third-order valence-corrected chi connectivity index (χ3v) is 3.47. The van der Waals surface area contributed by atoms with Crippen LogP contribution in [0.4, 0.5) is 15.8 Å². The van der Waals surface area contributed by atoms with Crippen LogP contribution < -0.4 is 4.72 Å². The number of benzene rings is 1. The number of anilines is 1. The van der Waals surface area contributed by atoms with Gasteiger partial charge in [-0.1, -0.05) is 0 Å². The summed E-state index contributed by atoms with van der Waals surface area (Å²) >= 11 is 0. The van der Waals surface area contributed by atoms with Crippen molar-refractivity contribution in [2.75, 3.05) is 4.72 Å². The molecule has 0 fully saturated rings. The van der Waals surface area contributed by atoms with Crippen molar-refractivity contribution >= 4 is 21.4 Å². The fraction of sp³-hybridized carbons (Fsp3) is 0. The fourth-order valence-corrected chi connectivity index (χ4v) is 2.28. The van der Waals surface area contributed by atoms with Crippen LogP contribution in [0.5, 0.6) is 0 Å². The van der Waals surface area contributed by atoms with Gasteiger partial charge in [-0.25, -0.2) is 0 Å². The van der Waals surface area contributed by atoms with Crippen molar-refractivity contribution < 1.29 is 17.7 Å². The monoisotopic (exact) mass is 286 g/mol. The minimum Gasteiger partial charge on any atom is -0.278 e. The Morgan fingerprint density at radius 1 is 1.37 bits per heavy atom. The molecule has 0 spiro atoms. The molecule has 1 heterocycles. The van der Waals surface area contributed by atoms with Crippen LogP contribution in [0.2, 0.25) is 0 Å². The Kier molecular flexibility index (Phi) is 3.17. The van der Waals surface area contributed by atoms with E-state index in [9.17, 15) is 22.9 Å².